The Balaban J connectivity index is 1.57. The van der Waals surface area contributed by atoms with Gasteiger partial charge in [0, 0.05) is 16.9 Å². The van der Waals surface area contributed by atoms with Gasteiger partial charge in [0.1, 0.15) is 5.75 Å². The zero-order chi connectivity index (χ0) is 19.9. The van der Waals surface area contributed by atoms with Gasteiger partial charge in [0.15, 0.2) is 0 Å². The van der Waals surface area contributed by atoms with Crippen LogP contribution in [-0.2, 0) is 11.2 Å². The average Bonchev–Trinajstić information content (AvgIpc) is 2.69. The van der Waals surface area contributed by atoms with Crippen LogP contribution in [-0.4, -0.2) is 18.9 Å². The van der Waals surface area contributed by atoms with Gasteiger partial charge in [0.25, 0.3) is 5.91 Å². The molecule has 142 valence electrons. The second kappa shape index (κ2) is 8.86. The number of amides is 2. The van der Waals surface area contributed by atoms with Crippen molar-refractivity contribution in [3.8, 4) is 5.75 Å². The topological polar surface area (TPSA) is 67.4 Å². The van der Waals surface area contributed by atoms with Crippen LogP contribution in [0, 0.1) is 6.92 Å². The van der Waals surface area contributed by atoms with Crippen molar-refractivity contribution >= 4 is 23.2 Å². The third-order valence-electron chi connectivity index (χ3n) is 4.23. The first-order valence-electron chi connectivity index (χ1n) is 8.94. The molecule has 0 saturated heterocycles. The molecule has 0 heterocycles. The quantitative estimate of drug-likeness (QED) is 0.670. The highest BCUT2D eigenvalue weighted by Crippen LogP contribution is 2.15. The molecule has 0 unspecified atom stereocenters. The minimum absolute atomic E-state index is 0.123. The first-order chi connectivity index (χ1) is 13.5. The lowest BCUT2D eigenvalue weighted by Gasteiger charge is -2.08. The number of rotatable bonds is 6. The van der Waals surface area contributed by atoms with E-state index >= 15 is 0 Å². The summed E-state index contributed by atoms with van der Waals surface area (Å²) in [4.78, 5) is 24.6. The van der Waals surface area contributed by atoms with Crippen LogP contribution in [0.25, 0.3) is 0 Å². The summed E-state index contributed by atoms with van der Waals surface area (Å²) in [6.07, 6.45) is 0.263. The van der Waals surface area contributed by atoms with E-state index in [4.69, 9.17) is 4.74 Å². The fourth-order valence-electron chi connectivity index (χ4n) is 2.76. The number of hydrogen-bond acceptors (Lipinski definition) is 3. The van der Waals surface area contributed by atoms with Crippen molar-refractivity contribution in [2.45, 2.75) is 13.3 Å². The maximum atomic E-state index is 12.3. The van der Waals surface area contributed by atoms with E-state index in [1.165, 1.54) is 0 Å². The minimum Gasteiger partial charge on any atom is -0.497 e. The number of nitrogens with one attached hydrogen (secondary N) is 2. The van der Waals surface area contributed by atoms with E-state index in [-0.39, 0.29) is 18.2 Å². The Bertz CT molecular complexity index is 964. The van der Waals surface area contributed by atoms with E-state index in [0.717, 1.165) is 22.6 Å². The molecule has 0 atom stereocenters. The van der Waals surface area contributed by atoms with Gasteiger partial charge >= 0.3 is 0 Å². The van der Waals surface area contributed by atoms with Crippen LogP contribution in [0.3, 0.4) is 0 Å². The molecule has 5 heteroatoms. The third-order valence-corrected chi connectivity index (χ3v) is 4.23. The number of carbonyl (C=O) groups excluding carboxylic acids is 2. The molecule has 0 saturated carbocycles. The summed E-state index contributed by atoms with van der Waals surface area (Å²) in [5, 5.41) is 5.71. The zero-order valence-electron chi connectivity index (χ0n) is 15.9. The first-order valence-corrected chi connectivity index (χ1v) is 8.94. The molecule has 0 aliphatic carbocycles. The summed E-state index contributed by atoms with van der Waals surface area (Å²) in [5.41, 5.74) is 3.89. The van der Waals surface area contributed by atoms with Gasteiger partial charge in [-0.3, -0.25) is 9.59 Å². The van der Waals surface area contributed by atoms with E-state index < -0.39 is 0 Å². The minimum atomic E-state index is -0.193. The molecule has 0 aliphatic heterocycles. The number of carbonyl (C=O) groups is 2. The molecule has 0 fully saturated rings. The Morgan fingerprint density at radius 2 is 1.57 bits per heavy atom. The van der Waals surface area contributed by atoms with E-state index in [2.05, 4.69) is 10.6 Å². The molecule has 0 radical (unpaired) electrons. The van der Waals surface area contributed by atoms with E-state index in [1.54, 1.807) is 31.4 Å². The summed E-state index contributed by atoms with van der Waals surface area (Å²) in [6.45, 7) is 1.97. The maximum absolute atomic E-state index is 12.3. The second-order valence-electron chi connectivity index (χ2n) is 6.47. The average molecular weight is 374 g/mol. The van der Waals surface area contributed by atoms with Crippen molar-refractivity contribution in [2.75, 3.05) is 17.7 Å². The normalized spacial score (nSPS) is 10.2. The van der Waals surface area contributed by atoms with Crippen LogP contribution in [0.2, 0.25) is 0 Å². The highest BCUT2D eigenvalue weighted by molar-refractivity contribution is 6.04. The highest BCUT2D eigenvalue weighted by Gasteiger charge is 2.08. The first kappa shape index (κ1) is 19.2. The van der Waals surface area contributed by atoms with Crippen molar-refractivity contribution in [3.05, 3.63) is 89.5 Å². The lowest BCUT2D eigenvalue weighted by molar-refractivity contribution is -0.115. The number of hydrogen-bond donors (Lipinski definition) is 2. The molecule has 0 bridgehead atoms. The molecule has 0 aliphatic rings. The van der Waals surface area contributed by atoms with Crippen LogP contribution in [0.5, 0.6) is 5.75 Å². The zero-order valence-corrected chi connectivity index (χ0v) is 15.9. The number of anilines is 2. The van der Waals surface area contributed by atoms with Gasteiger partial charge in [0.2, 0.25) is 5.91 Å². The van der Waals surface area contributed by atoms with Gasteiger partial charge in [-0.1, -0.05) is 24.3 Å². The van der Waals surface area contributed by atoms with Gasteiger partial charge in [-0.25, -0.2) is 0 Å². The Morgan fingerprint density at radius 1 is 0.857 bits per heavy atom. The number of methoxy groups -OCH3 is 1. The van der Waals surface area contributed by atoms with Crippen molar-refractivity contribution in [3.63, 3.8) is 0 Å². The smallest absolute Gasteiger partial charge is 0.255 e. The Morgan fingerprint density at radius 3 is 2.21 bits per heavy atom. The Kier molecular flexibility index (Phi) is 6.07. The van der Waals surface area contributed by atoms with Crippen LogP contribution >= 0.6 is 0 Å². The van der Waals surface area contributed by atoms with Gasteiger partial charge in [-0.05, 0) is 66.6 Å². The largest absolute Gasteiger partial charge is 0.497 e. The highest BCUT2D eigenvalue weighted by atomic mass is 16.5. The number of ether oxygens (including phenoxy) is 1. The van der Waals surface area contributed by atoms with Crippen LogP contribution in [0.4, 0.5) is 11.4 Å². The SMILES string of the molecule is COc1ccc(CC(=O)Nc2ccc(C(=O)Nc3cccc(C)c3)cc2)cc1. The molecule has 0 aromatic heterocycles. The van der Waals surface area contributed by atoms with Gasteiger partial charge in [0.05, 0.1) is 13.5 Å². The van der Waals surface area contributed by atoms with Crippen molar-refractivity contribution in [1.82, 2.24) is 0 Å². The fraction of sp³-hybridized carbons (Fsp3) is 0.130. The molecule has 2 amide bonds. The Labute approximate surface area is 164 Å². The molecule has 5 nitrogen and oxygen atoms in total. The summed E-state index contributed by atoms with van der Waals surface area (Å²) < 4.78 is 5.11. The van der Waals surface area contributed by atoms with Crippen LogP contribution in [0.15, 0.2) is 72.8 Å². The van der Waals surface area contributed by atoms with Crippen LogP contribution < -0.4 is 15.4 Å². The molecule has 28 heavy (non-hydrogen) atoms. The lowest BCUT2D eigenvalue weighted by atomic mass is 10.1. The summed E-state index contributed by atoms with van der Waals surface area (Å²) in [5.74, 6) is 0.438. The molecule has 2 N–H and O–H groups in total. The van der Waals surface area contributed by atoms with E-state index in [9.17, 15) is 9.59 Å². The molecular formula is C23H22N2O3. The fourth-order valence-corrected chi connectivity index (χ4v) is 2.76. The molecule has 3 aromatic rings. The van der Waals surface area contributed by atoms with Crippen LogP contribution in [0.1, 0.15) is 21.5 Å². The predicted molar refractivity (Wildman–Crippen MR) is 111 cm³/mol. The Hall–Kier alpha value is -3.60. The van der Waals surface area contributed by atoms with Gasteiger partial charge in [-0.2, -0.15) is 0 Å². The van der Waals surface area contributed by atoms with Crippen molar-refractivity contribution < 1.29 is 14.3 Å². The molecule has 3 rings (SSSR count). The number of benzene rings is 3. The van der Waals surface area contributed by atoms with Gasteiger partial charge in [-0.15, -0.1) is 0 Å². The van der Waals surface area contributed by atoms with Crippen molar-refractivity contribution in [2.24, 2.45) is 0 Å². The van der Waals surface area contributed by atoms with Gasteiger partial charge < -0.3 is 15.4 Å². The summed E-state index contributed by atoms with van der Waals surface area (Å²) >= 11 is 0. The molecule has 3 aromatic carbocycles. The monoisotopic (exact) mass is 374 g/mol. The lowest BCUT2D eigenvalue weighted by Crippen LogP contribution is -2.15. The van der Waals surface area contributed by atoms with E-state index in [1.807, 2.05) is 55.5 Å². The summed E-state index contributed by atoms with van der Waals surface area (Å²) in [6, 6.07) is 21.8. The maximum Gasteiger partial charge on any atom is 0.255 e. The molecular weight excluding hydrogens is 352 g/mol. The third kappa shape index (κ3) is 5.20. The standard InChI is InChI=1S/C23H22N2O3/c1-16-4-3-5-20(14-16)25-23(27)18-8-10-19(11-9-18)24-22(26)15-17-6-12-21(28-2)13-7-17/h3-14H,15H2,1-2H3,(H,24,26)(H,25,27). The second-order valence-corrected chi connectivity index (χ2v) is 6.47. The number of aryl methyl sites for hydroxylation is 1. The summed E-state index contributed by atoms with van der Waals surface area (Å²) in [7, 11) is 1.60. The predicted octanol–water partition coefficient (Wildman–Crippen LogP) is 4.44. The molecule has 0 spiro atoms. The van der Waals surface area contributed by atoms with E-state index in [0.29, 0.717) is 11.3 Å². The van der Waals surface area contributed by atoms with Crippen molar-refractivity contribution in [1.29, 1.82) is 0 Å².